The van der Waals surface area contributed by atoms with Crippen LogP contribution in [0.25, 0.3) is 0 Å². The molecule has 0 atom stereocenters. The van der Waals surface area contributed by atoms with Gasteiger partial charge in [-0.2, -0.15) is 0 Å². The molecule has 0 radical (unpaired) electrons. The first-order valence-corrected chi connectivity index (χ1v) is 10.2. The van der Waals surface area contributed by atoms with Gasteiger partial charge in [0, 0.05) is 26.2 Å². The van der Waals surface area contributed by atoms with Gasteiger partial charge in [-0.05, 0) is 12.8 Å². The second kappa shape index (κ2) is 12.9. The van der Waals surface area contributed by atoms with Gasteiger partial charge in [-0.25, -0.2) is 0 Å². The van der Waals surface area contributed by atoms with Crippen LogP contribution in [0.5, 0.6) is 0 Å². The SMILES string of the molecule is CCCCCCCCCC=CC(N1CCOCC1)N1CCOCC1. The van der Waals surface area contributed by atoms with E-state index < -0.39 is 0 Å². The van der Waals surface area contributed by atoms with Crippen LogP contribution in [0.3, 0.4) is 0 Å². The Kier molecular flexibility index (Phi) is 10.7. The van der Waals surface area contributed by atoms with E-state index in [1.807, 2.05) is 0 Å². The summed E-state index contributed by atoms with van der Waals surface area (Å²) in [4.78, 5) is 5.13. The van der Waals surface area contributed by atoms with Crippen LogP contribution in [0.1, 0.15) is 58.3 Å². The average molecular weight is 339 g/mol. The maximum Gasteiger partial charge on any atom is 0.0818 e. The van der Waals surface area contributed by atoms with Crippen molar-refractivity contribution in [2.75, 3.05) is 52.6 Å². The minimum atomic E-state index is 0.433. The van der Waals surface area contributed by atoms with E-state index in [0.29, 0.717) is 6.17 Å². The van der Waals surface area contributed by atoms with Crippen LogP contribution in [-0.2, 0) is 9.47 Å². The molecule has 2 rings (SSSR count). The summed E-state index contributed by atoms with van der Waals surface area (Å²) in [7, 11) is 0. The standard InChI is InChI=1S/C20H38N2O2/c1-2-3-4-5-6-7-8-9-10-11-20(21-12-16-23-17-13-21)22-14-18-24-19-15-22/h10-11,20H,2-9,12-19H2,1H3. The van der Waals surface area contributed by atoms with Crippen LogP contribution in [0.2, 0.25) is 0 Å². The second-order valence-corrected chi connectivity index (χ2v) is 7.05. The minimum Gasteiger partial charge on any atom is -0.379 e. The lowest BCUT2D eigenvalue weighted by atomic mass is 10.1. The maximum absolute atomic E-state index is 5.53. The highest BCUT2D eigenvalue weighted by molar-refractivity contribution is 4.95. The zero-order valence-electron chi connectivity index (χ0n) is 15.8. The molecule has 2 aliphatic heterocycles. The van der Waals surface area contributed by atoms with E-state index in [1.165, 1.54) is 51.4 Å². The van der Waals surface area contributed by atoms with Crippen LogP contribution in [0, 0.1) is 0 Å². The fraction of sp³-hybridized carbons (Fsp3) is 0.900. The normalized spacial score (nSPS) is 21.1. The zero-order chi connectivity index (χ0) is 16.9. The minimum absolute atomic E-state index is 0.433. The predicted octanol–water partition coefficient (Wildman–Crippen LogP) is 3.67. The lowest BCUT2D eigenvalue weighted by molar-refractivity contribution is -0.0491. The lowest BCUT2D eigenvalue weighted by Crippen LogP contribution is -2.54. The number of hydrogen-bond acceptors (Lipinski definition) is 4. The molecule has 140 valence electrons. The second-order valence-electron chi connectivity index (χ2n) is 7.05. The molecule has 0 spiro atoms. The van der Waals surface area contributed by atoms with E-state index in [4.69, 9.17) is 9.47 Å². The van der Waals surface area contributed by atoms with Gasteiger partial charge in [-0.15, -0.1) is 0 Å². The van der Waals surface area contributed by atoms with Gasteiger partial charge in [-0.3, -0.25) is 9.80 Å². The molecule has 2 aliphatic rings. The molecule has 2 heterocycles. The first-order valence-electron chi connectivity index (χ1n) is 10.2. The Morgan fingerprint density at radius 2 is 1.25 bits per heavy atom. The van der Waals surface area contributed by atoms with Crippen molar-refractivity contribution in [2.24, 2.45) is 0 Å². The Morgan fingerprint density at radius 1 is 0.750 bits per heavy atom. The quantitative estimate of drug-likeness (QED) is 0.424. The summed E-state index contributed by atoms with van der Waals surface area (Å²) in [6.07, 6.45) is 16.2. The van der Waals surface area contributed by atoms with Crippen LogP contribution < -0.4 is 0 Å². The van der Waals surface area contributed by atoms with Gasteiger partial charge < -0.3 is 9.47 Å². The third-order valence-electron chi connectivity index (χ3n) is 5.12. The molecular formula is C20H38N2O2. The molecule has 0 bridgehead atoms. The number of hydrogen-bond donors (Lipinski definition) is 0. The van der Waals surface area contributed by atoms with E-state index in [2.05, 4.69) is 28.9 Å². The Labute approximate surface area is 149 Å². The number of allylic oxidation sites excluding steroid dienone is 1. The third kappa shape index (κ3) is 7.64. The molecule has 2 saturated heterocycles. The summed E-state index contributed by atoms with van der Waals surface area (Å²) in [6.45, 7) is 9.93. The largest absolute Gasteiger partial charge is 0.379 e. The topological polar surface area (TPSA) is 24.9 Å². The summed E-state index contributed by atoms with van der Waals surface area (Å²) < 4.78 is 11.1. The number of nitrogens with zero attached hydrogens (tertiary/aromatic N) is 2. The first kappa shape index (κ1) is 19.9. The highest BCUT2D eigenvalue weighted by Crippen LogP contribution is 2.14. The van der Waals surface area contributed by atoms with E-state index in [0.717, 1.165) is 52.6 Å². The first-order chi connectivity index (χ1) is 11.9. The monoisotopic (exact) mass is 338 g/mol. The summed E-state index contributed by atoms with van der Waals surface area (Å²) in [5.74, 6) is 0. The molecule has 0 N–H and O–H groups in total. The molecule has 4 nitrogen and oxygen atoms in total. The number of rotatable bonds is 11. The van der Waals surface area contributed by atoms with Crippen molar-refractivity contribution in [3.63, 3.8) is 0 Å². The van der Waals surface area contributed by atoms with E-state index in [-0.39, 0.29) is 0 Å². The number of morpholine rings is 2. The Morgan fingerprint density at radius 3 is 1.79 bits per heavy atom. The van der Waals surface area contributed by atoms with Gasteiger partial charge in [0.2, 0.25) is 0 Å². The van der Waals surface area contributed by atoms with Crippen molar-refractivity contribution in [3.05, 3.63) is 12.2 Å². The van der Waals surface area contributed by atoms with Crippen molar-refractivity contribution in [1.29, 1.82) is 0 Å². The van der Waals surface area contributed by atoms with Gasteiger partial charge in [-0.1, -0.05) is 57.6 Å². The summed E-state index contributed by atoms with van der Waals surface area (Å²) >= 11 is 0. The Hall–Kier alpha value is -0.420. The van der Waals surface area contributed by atoms with Crippen molar-refractivity contribution >= 4 is 0 Å². The van der Waals surface area contributed by atoms with Gasteiger partial charge >= 0.3 is 0 Å². The van der Waals surface area contributed by atoms with Gasteiger partial charge in [0.25, 0.3) is 0 Å². The smallest absolute Gasteiger partial charge is 0.0818 e. The average Bonchev–Trinajstić information content (AvgIpc) is 2.65. The zero-order valence-corrected chi connectivity index (χ0v) is 15.8. The Bertz CT molecular complexity index is 306. The van der Waals surface area contributed by atoms with Gasteiger partial charge in [0.15, 0.2) is 0 Å². The molecule has 4 heteroatoms. The molecule has 24 heavy (non-hydrogen) atoms. The third-order valence-corrected chi connectivity index (χ3v) is 5.12. The van der Waals surface area contributed by atoms with Crippen LogP contribution in [-0.4, -0.2) is 68.6 Å². The van der Waals surface area contributed by atoms with Crippen LogP contribution >= 0.6 is 0 Å². The van der Waals surface area contributed by atoms with Crippen molar-refractivity contribution in [3.8, 4) is 0 Å². The molecule has 0 aromatic rings. The summed E-state index contributed by atoms with van der Waals surface area (Å²) in [5, 5.41) is 0. The molecule has 0 amide bonds. The predicted molar refractivity (Wildman–Crippen MR) is 100 cm³/mol. The van der Waals surface area contributed by atoms with Crippen molar-refractivity contribution in [2.45, 2.75) is 64.5 Å². The fourth-order valence-electron chi connectivity index (χ4n) is 3.60. The summed E-state index contributed by atoms with van der Waals surface area (Å²) in [5.41, 5.74) is 0. The molecule has 0 aliphatic carbocycles. The van der Waals surface area contributed by atoms with Crippen molar-refractivity contribution < 1.29 is 9.47 Å². The van der Waals surface area contributed by atoms with E-state index in [1.54, 1.807) is 0 Å². The lowest BCUT2D eigenvalue weighted by Gasteiger charge is -2.41. The van der Waals surface area contributed by atoms with Crippen molar-refractivity contribution in [1.82, 2.24) is 9.80 Å². The van der Waals surface area contributed by atoms with Crippen LogP contribution in [0.15, 0.2) is 12.2 Å². The molecule has 0 aromatic heterocycles. The summed E-state index contributed by atoms with van der Waals surface area (Å²) in [6, 6.07) is 0. The molecule has 0 unspecified atom stereocenters. The van der Waals surface area contributed by atoms with E-state index >= 15 is 0 Å². The highest BCUT2D eigenvalue weighted by Gasteiger charge is 2.25. The molecule has 0 aromatic carbocycles. The molecule has 2 fully saturated rings. The van der Waals surface area contributed by atoms with Gasteiger partial charge in [0.05, 0.1) is 32.6 Å². The molecular weight excluding hydrogens is 300 g/mol. The Balaban J connectivity index is 1.69. The number of ether oxygens (including phenoxy) is 2. The molecule has 0 saturated carbocycles. The van der Waals surface area contributed by atoms with Gasteiger partial charge in [0.1, 0.15) is 0 Å². The highest BCUT2D eigenvalue weighted by atomic mass is 16.5. The van der Waals surface area contributed by atoms with E-state index in [9.17, 15) is 0 Å². The maximum atomic E-state index is 5.53. The number of unbranched alkanes of at least 4 members (excludes halogenated alkanes) is 7. The fourth-order valence-corrected chi connectivity index (χ4v) is 3.60. The van der Waals surface area contributed by atoms with Crippen LogP contribution in [0.4, 0.5) is 0 Å².